The number of aryl methyl sites for hydroxylation is 1. The predicted octanol–water partition coefficient (Wildman–Crippen LogP) is 2.92. The number of nitrogens with one attached hydrogen (secondary N) is 1. The molecule has 2 atom stereocenters. The highest BCUT2D eigenvalue weighted by Crippen LogP contribution is 2.34. The maximum Gasteiger partial charge on any atom is 0.0987 e. The molecule has 3 rings (SSSR count). The molecule has 2 aromatic rings. The molecule has 98 valence electrons. The highest BCUT2D eigenvalue weighted by Gasteiger charge is 2.27. The highest BCUT2D eigenvalue weighted by atomic mass is 16.3. The molecule has 0 spiro atoms. The topological polar surface area (TPSA) is 32.3 Å². The number of fused-ring (bicyclic) bond motifs is 1. The zero-order valence-corrected chi connectivity index (χ0v) is 11.1. The van der Waals surface area contributed by atoms with E-state index in [9.17, 15) is 5.11 Å². The molecule has 2 unspecified atom stereocenters. The van der Waals surface area contributed by atoms with E-state index in [1.165, 1.54) is 11.1 Å². The van der Waals surface area contributed by atoms with E-state index in [-0.39, 0.29) is 6.04 Å². The Morgan fingerprint density at radius 1 is 1.11 bits per heavy atom. The Hall–Kier alpha value is -1.64. The van der Waals surface area contributed by atoms with Crippen molar-refractivity contribution in [1.82, 2.24) is 5.32 Å². The van der Waals surface area contributed by atoms with Crippen LogP contribution in [0, 0.1) is 6.92 Å². The average Bonchev–Trinajstić information content (AvgIpc) is 2.46. The lowest BCUT2D eigenvalue weighted by Crippen LogP contribution is -2.34. The lowest BCUT2D eigenvalue weighted by atomic mass is 9.87. The molecule has 2 N–H and O–H groups in total. The van der Waals surface area contributed by atoms with Crippen LogP contribution in [0.1, 0.15) is 34.4 Å². The van der Waals surface area contributed by atoms with E-state index >= 15 is 0 Å². The summed E-state index contributed by atoms with van der Waals surface area (Å²) in [7, 11) is 0. The van der Waals surface area contributed by atoms with Crippen LogP contribution in [-0.4, -0.2) is 11.7 Å². The van der Waals surface area contributed by atoms with Gasteiger partial charge in [-0.3, -0.25) is 0 Å². The molecule has 19 heavy (non-hydrogen) atoms. The van der Waals surface area contributed by atoms with Crippen LogP contribution in [0.15, 0.2) is 48.5 Å². The first-order chi connectivity index (χ1) is 9.27. The molecule has 0 aromatic heterocycles. The van der Waals surface area contributed by atoms with Gasteiger partial charge < -0.3 is 10.4 Å². The van der Waals surface area contributed by atoms with Gasteiger partial charge in [-0.05, 0) is 42.1 Å². The van der Waals surface area contributed by atoms with Crippen molar-refractivity contribution in [3.05, 3.63) is 70.8 Å². The van der Waals surface area contributed by atoms with E-state index in [1.807, 2.05) is 37.3 Å². The number of hydrogen-bond donors (Lipinski definition) is 2. The van der Waals surface area contributed by atoms with Gasteiger partial charge in [0.2, 0.25) is 0 Å². The SMILES string of the molecule is Cc1ccccc1C(O)C1NCCc2ccccc21. The first-order valence-corrected chi connectivity index (χ1v) is 6.82. The molecule has 2 nitrogen and oxygen atoms in total. The third-order valence-corrected chi connectivity index (χ3v) is 3.97. The summed E-state index contributed by atoms with van der Waals surface area (Å²) >= 11 is 0. The Bertz CT molecular complexity index is 579. The molecule has 0 bridgehead atoms. The quantitative estimate of drug-likeness (QED) is 0.862. The van der Waals surface area contributed by atoms with Crippen molar-refractivity contribution in [2.45, 2.75) is 25.5 Å². The van der Waals surface area contributed by atoms with Crippen LogP contribution < -0.4 is 5.32 Å². The zero-order chi connectivity index (χ0) is 13.2. The summed E-state index contributed by atoms with van der Waals surface area (Å²) < 4.78 is 0. The van der Waals surface area contributed by atoms with Crippen LogP contribution in [0.4, 0.5) is 0 Å². The molecule has 0 aliphatic carbocycles. The third kappa shape index (κ3) is 2.29. The average molecular weight is 253 g/mol. The molecular weight excluding hydrogens is 234 g/mol. The Kier molecular flexibility index (Phi) is 3.36. The van der Waals surface area contributed by atoms with E-state index in [0.29, 0.717) is 0 Å². The minimum absolute atomic E-state index is 0.00829. The summed E-state index contributed by atoms with van der Waals surface area (Å²) in [5, 5.41) is 14.2. The lowest BCUT2D eigenvalue weighted by molar-refractivity contribution is 0.125. The van der Waals surface area contributed by atoms with Crippen molar-refractivity contribution in [1.29, 1.82) is 0 Å². The van der Waals surface area contributed by atoms with E-state index in [0.717, 1.165) is 24.1 Å². The monoisotopic (exact) mass is 253 g/mol. The van der Waals surface area contributed by atoms with Gasteiger partial charge in [0.15, 0.2) is 0 Å². The fourth-order valence-corrected chi connectivity index (χ4v) is 2.92. The first-order valence-electron chi connectivity index (χ1n) is 6.82. The fraction of sp³-hybridized carbons (Fsp3) is 0.294. The van der Waals surface area contributed by atoms with Gasteiger partial charge in [-0.15, -0.1) is 0 Å². The van der Waals surface area contributed by atoms with Gasteiger partial charge in [0.05, 0.1) is 12.1 Å². The number of hydrogen-bond acceptors (Lipinski definition) is 2. The Morgan fingerprint density at radius 3 is 2.68 bits per heavy atom. The summed E-state index contributed by atoms with van der Waals surface area (Å²) in [6, 6.07) is 16.4. The Morgan fingerprint density at radius 2 is 1.84 bits per heavy atom. The molecule has 0 saturated carbocycles. The number of rotatable bonds is 2. The summed E-state index contributed by atoms with van der Waals surface area (Å²) in [5.41, 5.74) is 4.72. The van der Waals surface area contributed by atoms with E-state index < -0.39 is 6.10 Å². The van der Waals surface area contributed by atoms with Crippen LogP contribution >= 0.6 is 0 Å². The molecule has 2 heteroatoms. The van der Waals surface area contributed by atoms with Gasteiger partial charge in [-0.2, -0.15) is 0 Å². The normalized spacial score (nSPS) is 19.8. The van der Waals surface area contributed by atoms with Gasteiger partial charge >= 0.3 is 0 Å². The zero-order valence-electron chi connectivity index (χ0n) is 11.1. The number of aliphatic hydroxyl groups is 1. The van der Waals surface area contributed by atoms with Gasteiger partial charge in [-0.25, -0.2) is 0 Å². The van der Waals surface area contributed by atoms with Crippen molar-refractivity contribution in [2.75, 3.05) is 6.54 Å². The van der Waals surface area contributed by atoms with Crippen molar-refractivity contribution in [3.63, 3.8) is 0 Å². The summed E-state index contributed by atoms with van der Waals surface area (Å²) in [6.45, 7) is 2.97. The maximum absolute atomic E-state index is 10.7. The van der Waals surface area contributed by atoms with Crippen molar-refractivity contribution < 1.29 is 5.11 Å². The molecule has 0 amide bonds. The molecular formula is C17H19NO. The largest absolute Gasteiger partial charge is 0.386 e. The standard InChI is InChI=1S/C17H19NO/c1-12-6-2-4-8-14(12)17(19)16-15-9-5-3-7-13(15)10-11-18-16/h2-9,16-19H,10-11H2,1H3. The molecule has 1 heterocycles. The molecule has 1 aliphatic heterocycles. The van der Waals surface area contributed by atoms with Crippen molar-refractivity contribution in [2.24, 2.45) is 0 Å². The third-order valence-electron chi connectivity index (χ3n) is 3.97. The Labute approximate surface area is 114 Å². The number of benzene rings is 2. The van der Waals surface area contributed by atoms with Crippen LogP contribution in [0.2, 0.25) is 0 Å². The van der Waals surface area contributed by atoms with Crippen LogP contribution in [0.25, 0.3) is 0 Å². The van der Waals surface area contributed by atoms with Gasteiger partial charge in [-0.1, -0.05) is 48.5 Å². The minimum Gasteiger partial charge on any atom is -0.386 e. The Balaban J connectivity index is 1.98. The lowest BCUT2D eigenvalue weighted by Gasteiger charge is -2.31. The smallest absolute Gasteiger partial charge is 0.0987 e. The van der Waals surface area contributed by atoms with Crippen LogP contribution in [-0.2, 0) is 6.42 Å². The van der Waals surface area contributed by atoms with Crippen LogP contribution in [0.5, 0.6) is 0 Å². The second-order valence-electron chi connectivity index (χ2n) is 5.18. The molecule has 0 fully saturated rings. The second kappa shape index (κ2) is 5.16. The molecule has 1 aliphatic rings. The minimum atomic E-state index is -0.498. The molecule has 0 saturated heterocycles. The highest BCUT2D eigenvalue weighted by molar-refractivity contribution is 5.37. The van der Waals surface area contributed by atoms with Gasteiger partial charge in [0.1, 0.15) is 0 Å². The molecule has 0 radical (unpaired) electrons. The van der Waals surface area contributed by atoms with E-state index in [2.05, 4.69) is 23.5 Å². The number of aliphatic hydroxyl groups excluding tert-OH is 1. The first kappa shape index (κ1) is 12.4. The summed E-state index contributed by atoms with van der Waals surface area (Å²) in [6.07, 6.45) is 0.537. The summed E-state index contributed by atoms with van der Waals surface area (Å²) in [4.78, 5) is 0. The van der Waals surface area contributed by atoms with E-state index in [4.69, 9.17) is 0 Å². The van der Waals surface area contributed by atoms with Gasteiger partial charge in [0, 0.05) is 0 Å². The second-order valence-corrected chi connectivity index (χ2v) is 5.18. The van der Waals surface area contributed by atoms with Crippen LogP contribution in [0.3, 0.4) is 0 Å². The fourth-order valence-electron chi connectivity index (χ4n) is 2.92. The van der Waals surface area contributed by atoms with Crippen molar-refractivity contribution in [3.8, 4) is 0 Å². The van der Waals surface area contributed by atoms with Gasteiger partial charge in [0.25, 0.3) is 0 Å². The van der Waals surface area contributed by atoms with Crippen molar-refractivity contribution >= 4 is 0 Å². The molecule has 2 aromatic carbocycles. The maximum atomic E-state index is 10.7. The summed E-state index contributed by atoms with van der Waals surface area (Å²) in [5.74, 6) is 0. The predicted molar refractivity (Wildman–Crippen MR) is 77.0 cm³/mol. The van der Waals surface area contributed by atoms with E-state index in [1.54, 1.807) is 0 Å².